The Kier molecular flexibility index (Phi) is 5.98. The first-order valence-corrected chi connectivity index (χ1v) is 10.9. The molecule has 0 spiro atoms. The standard InChI is InChI=1S/C19H12Cl4O5S/c20-10-8-14(22)17(15(23)9-10)19(29(26,27)28,11-4-1-2-7-16(11)24)12-5-3-6-13(21)18(12)25/h1-9,24-25H,(H,26,27,28). The number of phenols is 2. The molecule has 0 radical (unpaired) electrons. The summed E-state index contributed by atoms with van der Waals surface area (Å²) in [5.41, 5.74) is -0.974. The number of para-hydroxylation sites is 2. The van der Waals surface area contributed by atoms with Crippen molar-refractivity contribution in [3.63, 3.8) is 0 Å². The van der Waals surface area contributed by atoms with Crippen LogP contribution in [0.5, 0.6) is 11.5 Å². The van der Waals surface area contributed by atoms with E-state index in [0.29, 0.717) is 0 Å². The van der Waals surface area contributed by atoms with Crippen molar-refractivity contribution in [1.29, 1.82) is 0 Å². The van der Waals surface area contributed by atoms with Crippen LogP contribution < -0.4 is 0 Å². The number of aromatic hydroxyl groups is 2. The molecular formula is C19H12Cl4O5S. The topological polar surface area (TPSA) is 94.8 Å². The molecular weight excluding hydrogens is 482 g/mol. The van der Waals surface area contributed by atoms with Gasteiger partial charge in [0, 0.05) is 31.8 Å². The number of hydrogen-bond acceptors (Lipinski definition) is 4. The average Bonchev–Trinajstić information content (AvgIpc) is 2.60. The highest BCUT2D eigenvalue weighted by Gasteiger charge is 2.54. The fourth-order valence-electron chi connectivity index (χ4n) is 3.27. The Hall–Kier alpha value is -1.67. The fourth-order valence-corrected chi connectivity index (χ4v) is 6.03. The van der Waals surface area contributed by atoms with Gasteiger partial charge in [-0.15, -0.1) is 0 Å². The van der Waals surface area contributed by atoms with Gasteiger partial charge in [-0.1, -0.05) is 76.7 Å². The highest BCUT2D eigenvalue weighted by atomic mass is 35.5. The Morgan fingerprint density at radius 2 is 1.31 bits per heavy atom. The van der Waals surface area contributed by atoms with Gasteiger partial charge in [-0.25, -0.2) is 0 Å². The fraction of sp³-hybridized carbons (Fsp3) is 0.0526. The zero-order chi connectivity index (χ0) is 21.6. The van der Waals surface area contributed by atoms with Crippen molar-refractivity contribution >= 4 is 56.5 Å². The van der Waals surface area contributed by atoms with Gasteiger partial charge < -0.3 is 10.2 Å². The molecule has 0 aliphatic rings. The smallest absolute Gasteiger partial charge is 0.283 e. The minimum Gasteiger partial charge on any atom is -0.508 e. The molecule has 3 aromatic carbocycles. The van der Waals surface area contributed by atoms with E-state index in [1.807, 2.05) is 0 Å². The van der Waals surface area contributed by atoms with Crippen LogP contribution in [0.1, 0.15) is 16.7 Å². The molecule has 0 saturated heterocycles. The summed E-state index contributed by atoms with van der Waals surface area (Å²) in [6.07, 6.45) is 0. The Balaban J connectivity index is 2.68. The largest absolute Gasteiger partial charge is 0.508 e. The van der Waals surface area contributed by atoms with Gasteiger partial charge in [0.1, 0.15) is 11.5 Å². The van der Waals surface area contributed by atoms with Crippen molar-refractivity contribution in [1.82, 2.24) is 0 Å². The van der Waals surface area contributed by atoms with Gasteiger partial charge in [-0.3, -0.25) is 4.55 Å². The second-order valence-corrected chi connectivity index (χ2v) is 9.27. The molecule has 0 aliphatic carbocycles. The summed E-state index contributed by atoms with van der Waals surface area (Å²) in [5, 5.41) is 20.7. The minimum absolute atomic E-state index is 0.112. The van der Waals surface area contributed by atoms with E-state index in [0.717, 1.165) is 0 Å². The molecule has 3 rings (SSSR count). The van der Waals surface area contributed by atoms with Crippen LogP contribution in [0, 0.1) is 0 Å². The molecule has 0 heterocycles. The summed E-state index contributed by atoms with van der Waals surface area (Å²) in [6, 6.07) is 11.7. The lowest BCUT2D eigenvalue weighted by molar-refractivity contribution is 0.428. The van der Waals surface area contributed by atoms with E-state index in [1.165, 1.54) is 54.6 Å². The zero-order valence-corrected chi connectivity index (χ0v) is 18.1. The van der Waals surface area contributed by atoms with Crippen molar-refractivity contribution in [3.05, 3.63) is 91.4 Å². The quantitative estimate of drug-likeness (QED) is 0.311. The Morgan fingerprint density at radius 3 is 1.86 bits per heavy atom. The first-order chi connectivity index (χ1) is 13.5. The first-order valence-electron chi connectivity index (χ1n) is 7.90. The van der Waals surface area contributed by atoms with Crippen molar-refractivity contribution in [2.45, 2.75) is 4.75 Å². The Bertz CT molecular complexity index is 1190. The predicted octanol–water partition coefficient (Wildman–Crippen LogP) is 5.89. The van der Waals surface area contributed by atoms with Crippen LogP contribution >= 0.6 is 46.4 Å². The van der Waals surface area contributed by atoms with Crippen LogP contribution in [-0.4, -0.2) is 23.2 Å². The molecule has 3 aromatic rings. The van der Waals surface area contributed by atoms with E-state index >= 15 is 0 Å². The van der Waals surface area contributed by atoms with Gasteiger partial charge in [0.15, 0.2) is 4.75 Å². The molecule has 0 fully saturated rings. The van der Waals surface area contributed by atoms with E-state index in [1.54, 1.807) is 0 Å². The van der Waals surface area contributed by atoms with Crippen LogP contribution in [0.3, 0.4) is 0 Å². The maximum Gasteiger partial charge on any atom is 0.283 e. The molecule has 152 valence electrons. The van der Waals surface area contributed by atoms with E-state index in [4.69, 9.17) is 46.4 Å². The normalized spacial score (nSPS) is 13.8. The highest BCUT2D eigenvalue weighted by molar-refractivity contribution is 7.87. The monoisotopic (exact) mass is 492 g/mol. The lowest BCUT2D eigenvalue weighted by atomic mass is 9.82. The van der Waals surface area contributed by atoms with Gasteiger partial charge >= 0.3 is 0 Å². The molecule has 0 aromatic heterocycles. The van der Waals surface area contributed by atoms with Crippen molar-refractivity contribution < 1.29 is 23.2 Å². The Labute approximate surface area is 186 Å². The Morgan fingerprint density at radius 1 is 0.759 bits per heavy atom. The molecule has 3 N–H and O–H groups in total. The lowest BCUT2D eigenvalue weighted by Gasteiger charge is -2.34. The molecule has 10 heteroatoms. The summed E-state index contributed by atoms with van der Waals surface area (Å²) in [6.45, 7) is 0. The van der Waals surface area contributed by atoms with Crippen LogP contribution in [0.4, 0.5) is 0 Å². The minimum atomic E-state index is -5.20. The van der Waals surface area contributed by atoms with E-state index in [9.17, 15) is 23.2 Å². The van der Waals surface area contributed by atoms with Gasteiger partial charge in [0.2, 0.25) is 0 Å². The molecule has 0 saturated carbocycles. The van der Waals surface area contributed by atoms with Gasteiger partial charge in [0.25, 0.3) is 10.1 Å². The summed E-state index contributed by atoms with van der Waals surface area (Å²) in [5.74, 6) is -1.14. The predicted molar refractivity (Wildman–Crippen MR) is 114 cm³/mol. The second-order valence-electron chi connectivity index (χ2n) is 6.05. The maximum absolute atomic E-state index is 13.0. The number of benzene rings is 3. The first kappa shape index (κ1) is 22.0. The summed E-state index contributed by atoms with van der Waals surface area (Å²) >= 11 is 24.6. The highest BCUT2D eigenvalue weighted by Crippen LogP contribution is 2.54. The van der Waals surface area contributed by atoms with E-state index < -0.39 is 26.4 Å². The summed E-state index contributed by atoms with van der Waals surface area (Å²) in [4.78, 5) is 0. The maximum atomic E-state index is 13.0. The van der Waals surface area contributed by atoms with Crippen molar-refractivity contribution in [2.75, 3.05) is 0 Å². The summed E-state index contributed by atoms with van der Waals surface area (Å²) < 4.78 is 33.9. The third kappa shape index (κ3) is 3.54. The SMILES string of the molecule is O=S(=O)(O)C(c1ccccc1O)(c1cccc(Cl)c1O)c1c(Cl)cc(Cl)cc1Cl. The van der Waals surface area contributed by atoms with Crippen LogP contribution in [0.25, 0.3) is 0 Å². The molecule has 0 amide bonds. The second kappa shape index (κ2) is 7.87. The van der Waals surface area contributed by atoms with Crippen LogP contribution in [0.2, 0.25) is 20.1 Å². The zero-order valence-electron chi connectivity index (χ0n) is 14.3. The number of rotatable bonds is 4. The van der Waals surface area contributed by atoms with E-state index in [2.05, 4.69) is 0 Å². The molecule has 0 bridgehead atoms. The number of halogens is 4. The molecule has 0 aliphatic heterocycles. The van der Waals surface area contributed by atoms with Crippen molar-refractivity contribution in [2.24, 2.45) is 0 Å². The van der Waals surface area contributed by atoms with Gasteiger partial charge in [-0.05, 0) is 24.3 Å². The molecule has 1 unspecified atom stereocenters. The van der Waals surface area contributed by atoms with E-state index in [-0.39, 0.29) is 36.8 Å². The third-order valence-electron chi connectivity index (χ3n) is 4.40. The molecule has 1 atom stereocenters. The number of phenolic OH excluding ortho intramolecular Hbond substituents is 2. The summed E-state index contributed by atoms with van der Waals surface area (Å²) in [7, 11) is -5.20. The van der Waals surface area contributed by atoms with Gasteiger partial charge in [0.05, 0.1) is 5.02 Å². The van der Waals surface area contributed by atoms with Crippen molar-refractivity contribution in [3.8, 4) is 11.5 Å². The molecule has 29 heavy (non-hydrogen) atoms. The average molecular weight is 494 g/mol. The van der Waals surface area contributed by atoms with Gasteiger partial charge in [-0.2, -0.15) is 8.42 Å². The van der Waals surface area contributed by atoms with Crippen LogP contribution in [0.15, 0.2) is 54.6 Å². The molecule has 5 nitrogen and oxygen atoms in total. The van der Waals surface area contributed by atoms with Crippen LogP contribution in [-0.2, 0) is 14.9 Å². The number of hydrogen-bond donors (Lipinski definition) is 3. The lowest BCUT2D eigenvalue weighted by Crippen LogP contribution is -2.39. The third-order valence-corrected chi connectivity index (χ3v) is 6.93.